The molecule has 1 atom stereocenters. The van der Waals surface area contributed by atoms with Gasteiger partial charge in [0.15, 0.2) is 0 Å². The highest BCUT2D eigenvalue weighted by atomic mass is 35.5. The van der Waals surface area contributed by atoms with E-state index in [9.17, 15) is 10.1 Å². The van der Waals surface area contributed by atoms with Gasteiger partial charge in [-0.25, -0.2) is 0 Å². The van der Waals surface area contributed by atoms with E-state index in [1.807, 2.05) is 66.7 Å². The Bertz CT molecular complexity index is 1400. The number of fused-ring (bicyclic) bond motifs is 1. The molecule has 2 aliphatic rings. The van der Waals surface area contributed by atoms with Crippen LogP contribution in [0.25, 0.3) is 0 Å². The maximum absolute atomic E-state index is 13.3. The van der Waals surface area contributed by atoms with Gasteiger partial charge in [-0.3, -0.25) is 9.69 Å². The number of hydrogen-bond acceptors (Lipinski definition) is 7. The monoisotopic (exact) mass is 547 g/mol. The number of amides is 1. The number of carbonyl (C=O) groups is 1. The molecule has 0 saturated carbocycles. The van der Waals surface area contributed by atoms with Crippen LogP contribution in [-0.2, 0) is 11.4 Å². The lowest BCUT2D eigenvalue weighted by Gasteiger charge is -2.42. The highest BCUT2D eigenvalue weighted by Gasteiger charge is 2.38. The summed E-state index contributed by atoms with van der Waals surface area (Å²) in [6, 6.07) is 23.2. The second-order valence-electron chi connectivity index (χ2n) is 8.89. The molecule has 194 valence electrons. The Kier molecular flexibility index (Phi) is 7.68. The zero-order chi connectivity index (χ0) is 26.6. The number of benzene rings is 3. The fourth-order valence-corrected chi connectivity index (χ4v) is 5.87. The van der Waals surface area contributed by atoms with Gasteiger partial charge >= 0.3 is 0 Å². The molecule has 7 nitrogen and oxygen atoms in total. The molecule has 0 unspecified atom stereocenters. The van der Waals surface area contributed by atoms with E-state index in [2.05, 4.69) is 11.0 Å². The van der Waals surface area contributed by atoms with Crippen molar-refractivity contribution in [1.29, 1.82) is 5.26 Å². The van der Waals surface area contributed by atoms with Gasteiger partial charge in [0.2, 0.25) is 5.91 Å². The van der Waals surface area contributed by atoms with Crippen LogP contribution < -0.4 is 19.1 Å². The van der Waals surface area contributed by atoms with Crippen molar-refractivity contribution in [2.24, 2.45) is 0 Å². The topological polar surface area (TPSA) is 75.0 Å². The lowest BCUT2D eigenvalue weighted by Crippen LogP contribution is -2.47. The molecular formula is C29H26ClN3O4S. The predicted molar refractivity (Wildman–Crippen MR) is 148 cm³/mol. The summed E-state index contributed by atoms with van der Waals surface area (Å²) in [6.07, 6.45) is 0.228. The van der Waals surface area contributed by atoms with Gasteiger partial charge in [0.25, 0.3) is 0 Å². The summed E-state index contributed by atoms with van der Waals surface area (Å²) in [5.74, 6) is 2.35. The third-order valence-corrected chi connectivity index (χ3v) is 8.03. The third-order valence-electron chi connectivity index (χ3n) is 6.62. The van der Waals surface area contributed by atoms with E-state index in [-0.39, 0.29) is 18.2 Å². The maximum Gasteiger partial charge on any atom is 0.229 e. The number of anilines is 1. The van der Waals surface area contributed by atoms with Crippen LogP contribution in [0.1, 0.15) is 23.5 Å². The fraction of sp³-hybridized carbons (Fsp3) is 0.241. The summed E-state index contributed by atoms with van der Waals surface area (Å²) >= 11 is 7.44. The summed E-state index contributed by atoms with van der Waals surface area (Å²) < 4.78 is 16.8. The van der Waals surface area contributed by atoms with Gasteiger partial charge in [0.1, 0.15) is 23.9 Å². The SMILES string of the molecule is COc1ccc(N2CSC3=C(C#N)[C@@H](c4ccc(OCc5ccc(Cl)cc5)cc4)CC(=O)N3C2)c(OC)c1. The lowest BCUT2D eigenvalue weighted by atomic mass is 9.86. The molecular weight excluding hydrogens is 522 g/mol. The van der Waals surface area contributed by atoms with Gasteiger partial charge in [-0.1, -0.05) is 47.6 Å². The van der Waals surface area contributed by atoms with Crippen LogP contribution in [-0.4, -0.2) is 37.6 Å². The largest absolute Gasteiger partial charge is 0.497 e. The molecule has 1 fully saturated rings. The number of nitriles is 1. The molecule has 5 rings (SSSR count). The first kappa shape index (κ1) is 25.8. The lowest BCUT2D eigenvalue weighted by molar-refractivity contribution is -0.129. The van der Waals surface area contributed by atoms with Crippen molar-refractivity contribution in [2.45, 2.75) is 18.9 Å². The molecule has 3 aromatic carbocycles. The Morgan fingerprint density at radius 3 is 2.45 bits per heavy atom. The minimum absolute atomic E-state index is 0.0169. The molecule has 1 amide bonds. The summed E-state index contributed by atoms with van der Waals surface area (Å²) in [5.41, 5.74) is 3.41. The zero-order valence-electron chi connectivity index (χ0n) is 21.0. The van der Waals surface area contributed by atoms with E-state index >= 15 is 0 Å². The summed E-state index contributed by atoms with van der Waals surface area (Å²) in [4.78, 5) is 17.1. The summed E-state index contributed by atoms with van der Waals surface area (Å²) in [7, 11) is 3.22. The van der Waals surface area contributed by atoms with Crippen LogP contribution in [0.3, 0.4) is 0 Å². The quantitative estimate of drug-likeness (QED) is 0.351. The Morgan fingerprint density at radius 2 is 1.76 bits per heavy atom. The highest BCUT2D eigenvalue weighted by Crippen LogP contribution is 2.44. The Balaban J connectivity index is 1.33. The number of allylic oxidation sites excluding steroid dienone is 1. The Labute approximate surface area is 231 Å². The molecule has 1 saturated heterocycles. The number of hydrogen-bond donors (Lipinski definition) is 0. The zero-order valence-corrected chi connectivity index (χ0v) is 22.6. The van der Waals surface area contributed by atoms with E-state index in [4.69, 9.17) is 25.8 Å². The van der Waals surface area contributed by atoms with Crippen LogP contribution in [0.15, 0.2) is 77.3 Å². The molecule has 9 heteroatoms. The third kappa shape index (κ3) is 5.26. The number of ether oxygens (including phenoxy) is 3. The number of nitrogens with zero attached hydrogens (tertiary/aromatic N) is 3. The van der Waals surface area contributed by atoms with Crippen LogP contribution in [0.5, 0.6) is 17.2 Å². The van der Waals surface area contributed by atoms with E-state index < -0.39 is 0 Å². The van der Waals surface area contributed by atoms with Crippen molar-refractivity contribution in [3.63, 3.8) is 0 Å². The number of thioether (sulfide) groups is 1. The number of halogens is 1. The summed E-state index contributed by atoms with van der Waals surface area (Å²) in [5, 5.41) is 11.5. The van der Waals surface area contributed by atoms with Gasteiger partial charge in [-0.15, -0.1) is 0 Å². The highest BCUT2D eigenvalue weighted by molar-refractivity contribution is 8.03. The molecule has 2 aliphatic heterocycles. The molecule has 0 aromatic heterocycles. The van der Waals surface area contributed by atoms with E-state index in [1.165, 1.54) is 11.8 Å². The van der Waals surface area contributed by atoms with Crippen LogP contribution >= 0.6 is 23.4 Å². The average Bonchev–Trinajstić information content (AvgIpc) is 2.96. The van der Waals surface area contributed by atoms with Gasteiger partial charge in [-0.2, -0.15) is 5.26 Å². The van der Waals surface area contributed by atoms with Crippen molar-refractivity contribution in [3.8, 4) is 23.3 Å². The molecule has 2 heterocycles. The minimum Gasteiger partial charge on any atom is -0.497 e. The molecule has 0 spiro atoms. The van der Waals surface area contributed by atoms with Gasteiger partial charge in [0, 0.05) is 23.4 Å². The van der Waals surface area contributed by atoms with Crippen molar-refractivity contribution < 1.29 is 19.0 Å². The Morgan fingerprint density at radius 1 is 1.03 bits per heavy atom. The minimum atomic E-state index is -0.293. The van der Waals surface area contributed by atoms with Crippen LogP contribution in [0.4, 0.5) is 5.69 Å². The van der Waals surface area contributed by atoms with Crippen molar-refractivity contribution in [2.75, 3.05) is 31.7 Å². The molecule has 3 aromatic rings. The van der Waals surface area contributed by atoms with E-state index in [1.54, 1.807) is 19.1 Å². The standard InChI is InChI=1S/C29H26ClN3O4S/c1-35-23-11-12-26(27(13-23)36-2)32-17-33-28(34)14-24(25(15-31)29(33)38-18-32)20-5-9-22(10-6-20)37-16-19-3-7-21(30)8-4-19/h3-13,24H,14,16-18H2,1-2H3/t24-/m1/s1. The normalized spacial score (nSPS) is 17.1. The number of methoxy groups -OCH3 is 2. The maximum atomic E-state index is 13.3. The van der Waals surface area contributed by atoms with Crippen molar-refractivity contribution in [1.82, 2.24) is 4.90 Å². The van der Waals surface area contributed by atoms with E-state index in [0.29, 0.717) is 41.2 Å². The van der Waals surface area contributed by atoms with Crippen molar-refractivity contribution in [3.05, 3.63) is 93.5 Å². The predicted octanol–water partition coefficient (Wildman–Crippen LogP) is 6.16. The van der Waals surface area contributed by atoms with Gasteiger partial charge < -0.3 is 19.1 Å². The smallest absolute Gasteiger partial charge is 0.229 e. The Hall–Kier alpha value is -3.80. The number of carbonyl (C=O) groups excluding carboxylic acids is 1. The van der Waals surface area contributed by atoms with Crippen LogP contribution in [0.2, 0.25) is 5.02 Å². The molecule has 0 aliphatic carbocycles. The second-order valence-corrected chi connectivity index (χ2v) is 10.3. The number of rotatable bonds is 7. The fourth-order valence-electron chi connectivity index (χ4n) is 4.59. The molecule has 0 radical (unpaired) electrons. The first-order valence-corrected chi connectivity index (χ1v) is 13.4. The van der Waals surface area contributed by atoms with Gasteiger partial charge in [-0.05, 0) is 47.5 Å². The molecule has 0 bridgehead atoms. The first-order valence-electron chi connectivity index (χ1n) is 12.0. The van der Waals surface area contributed by atoms with E-state index in [0.717, 1.165) is 27.6 Å². The average molecular weight is 548 g/mol. The van der Waals surface area contributed by atoms with Gasteiger partial charge in [0.05, 0.1) is 49.1 Å². The van der Waals surface area contributed by atoms with Crippen LogP contribution in [0, 0.1) is 11.3 Å². The molecule has 38 heavy (non-hydrogen) atoms. The summed E-state index contributed by atoms with van der Waals surface area (Å²) in [6.45, 7) is 0.770. The first-order chi connectivity index (χ1) is 18.5. The van der Waals surface area contributed by atoms with Crippen molar-refractivity contribution >= 4 is 35.0 Å². The molecule has 0 N–H and O–H groups in total. The second kappa shape index (κ2) is 11.3.